The molecule has 1 N–H and O–H groups in total. The molecule has 7 nitrogen and oxygen atoms in total. The number of hydrogen-bond acceptors (Lipinski definition) is 4. The maximum Gasteiger partial charge on any atom is 0.283 e. The normalized spacial score (nSPS) is 11.2. The highest BCUT2D eigenvalue weighted by Gasteiger charge is 2.17. The molecule has 130 valence electrons. The Morgan fingerprint density at radius 2 is 1.88 bits per heavy atom. The second-order valence-electron chi connectivity index (χ2n) is 6.04. The first-order valence-corrected chi connectivity index (χ1v) is 8.38. The summed E-state index contributed by atoms with van der Waals surface area (Å²) in [5.41, 5.74) is 4.71. The van der Waals surface area contributed by atoms with Crippen LogP contribution < -0.4 is 11.0 Å². The lowest BCUT2D eigenvalue weighted by Gasteiger charge is -2.13. The summed E-state index contributed by atoms with van der Waals surface area (Å²) in [6.45, 7) is 5.90. The third-order valence-corrected chi connectivity index (χ3v) is 4.35. The number of aryl methyl sites for hydroxylation is 1. The average Bonchev–Trinajstić information content (AvgIpc) is 3.04. The molecule has 2 aromatic heterocycles. The number of carbonyl (C=O) groups excluding carboxylic acids is 1. The molecule has 1 amide bonds. The number of nitrogens with one attached hydrogen (secondary N) is 1. The highest BCUT2D eigenvalue weighted by Crippen LogP contribution is 2.14. The molecule has 0 spiro atoms. The molecule has 0 saturated carbocycles. The van der Waals surface area contributed by atoms with E-state index in [1.807, 2.05) is 45.0 Å². The lowest BCUT2D eigenvalue weighted by atomic mass is 10.0. The molecule has 25 heavy (non-hydrogen) atoms. The maximum absolute atomic E-state index is 12.6. The van der Waals surface area contributed by atoms with Gasteiger partial charge in [-0.15, -0.1) is 0 Å². The van der Waals surface area contributed by atoms with Crippen LogP contribution in [0.1, 0.15) is 32.3 Å². The fraction of sp³-hybridized carbons (Fsp3) is 0.333. The Labute approximate surface area is 145 Å². The van der Waals surface area contributed by atoms with Gasteiger partial charge < -0.3 is 0 Å². The van der Waals surface area contributed by atoms with Gasteiger partial charge in [0.25, 0.3) is 5.56 Å². The molecule has 0 atom stereocenters. The molecular formula is C18H21N5O2. The summed E-state index contributed by atoms with van der Waals surface area (Å²) in [4.78, 5) is 29.1. The lowest BCUT2D eigenvalue weighted by molar-refractivity contribution is -0.121. The van der Waals surface area contributed by atoms with Gasteiger partial charge in [0, 0.05) is 5.92 Å². The average molecular weight is 339 g/mol. The van der Waals surface area contributed by atoms with Gasteiger partial charge in [0.15, 0.2) is 5.65 Å². The van der Waals surface area contributed by atoms with Gasteiger partial charge in [-0.25, -0.2) is 14.3 Å². The summed E-state index contributed by atoms with van der Waals surface area (Å²) in [6, 6.07) is 7.79. The quantitative estimate of drug-likeness (QED) is 0.774. The molecule has 7 heteroatoms. The summed E-state index contributed by atoms with van der Waals surface area (Å²) >= 11 is 0. The van der Waals surface area contributed by atoms with E-state index in [0.29, 0.717) is 11.0 Å². The van der Waals surface area contributed by atoms with E-state index in [-0.39, 0.29) is 17.4 Å². The van der Waals surface area contributed by atoms with E-state index in [0.717, 1.165) is 28.8 Å². The van der Waals surface area contributed by atoms with Crippen molar-refractivity contribution in [2.24, 2.45) is 5.92 Å². The van der Waals surface area contributed by atoms with E-state index in [1.54, 1.807) is 4.68 Å². The van der Waals surface area contributed by atoms with E-state index in [9.17, 15) is 9.59 Å². The number of amides is 1. The monoisotopic (exact) mass is 339 g/mol. The Bertz CT molecular complexity index is 952. The SMILES string of the molecule is CCC(CC)C(=O)Nn1cnc2c(cnn2-c2ccc(C)cc2)c1=O. The molecule has 1 aromatic carbocycles. The van der Waals surface area contributed by atoms with Gasteiger partial charge in [0.1, 0.15) is 11.7 Å². The molecule has 0 saturated heterocycles. The Hall–Kier alpha value is -2.96. The summed E-state index contributed by atoms with van der Waals surface area (Å²) < 4.78 is 2.74. The predicted molar refractivity (Wildman–Crippen MR) is 96.3 cm³/mol. The van der Waals surface area contributed by atoms with Crippen molar-refractivity contribution < 1.29 is 4.79 Å². The van der Waals surface area contributed by atoms with Crippen LogP contribution in [-0.2, 0) is 4.79 Å². The first-order valence-electron chi connectivity index (χ1n) is 8.38. The van der Waals surface area contributed by atoms with E-state index >= 15 is 0 Å². The van der Waals surface area contributed by atoms with Crippen LogP contribution in [-0.4, -0.2) is 25.3 Å². The van der Waals surface area contributed by atoms with Crippen LogP contribution in [0, 0.1) is 12.8 Å². The van der Waals surface area contributed by atoms with E-state index in [1.165, 1.54) is 12.5 Å². The van der Waals surface area contributed by atoms with E-state index in [2.05, 4.69) is 15.5 Å². The fourth-order valence-electron chi connectivity index (χ4n) is 2.74. The number of rotatable bonds is 5. The van der Waals surface area contributed by atoms with Crippen molar-refractivity contribution >= 4 is 16.9 Å². The third kappa shape index (κ3) is 3.17. The van der Waals surface area contributed by atoms with Crippen molar-refractivity contribution in [3.05, 3.63) is 52.7 Å². The zero-order valence-electron chi connectivity index (χ0n) is 14.6. The molecule has 0 unspecified atom stereocenters. The molecule has 0 fully saturated rings. The highest BCUT2D eigenvalue weighted by atomic mass is 16.2. The number of nitrogens with zero attached hydrogens (tertiary/aromatic N) is 4. The molecule has 3 aromatic rings. The van der Waals surface area contributed by atoms with Gasteiger partial charge in [-0.3, -0.25) is 15.0 Å². The molecule has 3 rings (SSSR count). The van der Waals surface area contributed by atoms with E-state index in [4.69, 9.17) is 0 Å². The van der Waals surface area contributed by atoms with Crippen LogP contribution in [0.15, 0.2) is 41.6 Å². The fourth-order valence-corrected chi connectivity index (χ4v) is 2.74. The zero-order valence-corrected chi connectivity index (χ0v) is 14.6. The zero-order chi connectivity index (χ0) is 18.0. The minimum Gasteiger partial charge on any atom is -0.273 e. The first kappa shape index (κ1) is 16.9. The van der Waals surface area contributed by atoms with Crippen molar-refractivity contribution in [2.45, 2.75) is 33.6 Å². The molecule has 0 aliphatic carbocycles. The summed E-state index contributed by atoms with van der Waals surface area (Å²) in [7, 11) is 0. The van der Waals surface area contributed by atoms with Gasteiger partial charge in [-0.2, -0.15) is 5.10 Å². The van der Waals surface area contributed by atoms with Gasteiger partial charge >= 0.3 is 0 Å². The molecule has 2 heterocycles. The maximum atomic E-state index is 12.6. The number of hydrogen-bond donors (Lipinski definition) is 1. The number of benzene rings is 1. The van der Waals surface area contributed by atoms with Crippen LogP contribution in [0.5, 0.6) is 0 Å². The Balaban J connectivity index is 1.98. The van der Waals surface area contributed by atoms with Crippen LogP contribution >= 0.6 is 0 Å². The minimum atomic E-state index is -0.345. The molecule has 0 radical (unpaired) electrons. The van der Waals surface area contributed by atoms with Gasteiger partial charge in [0.2, 0.25) is 5.91 Å². The Kier molecular flexibility index (Phi) is 4.65. The number of aromatic nitrogens is 4. The topological polar surface area (TPSA) is 81.8 Å². The van der Waals surface area contributed by atoms with Gasteiger partial charge in [-0.05, 0) is 31.9 Å². The van der Waals surface area contributed by atoms with Gasteiger partial charge in [0.05, 0.1) is 11.9 Å². The standard InChI is InChI=1S/C18H21N5O2/c1-4-13(5-2)17(24)21-22-11-19-16-15(18(22)25)10-20-23(16)14-8-6-12(3)7-9-14/h6-11,13H,4-5H2,1-3H3,(H,21,24). The second-order valence-corrected chi connectivity index (χ2v) is 6.04. The summed E-state index contributed by atoms with van der Waals surface area (Å²) in [5.74, 6) is -0.308. The van der Waals surface area contributed by atoms with Crippen LogP contribution in [0.2, 0.25) is 0 Å². The summed E-state index contributed by atoms with van der Waals surface area (Å²) in [5, 5.41) is 4.63. The third-order valence-electron chi connectivity index (χ3n) is 4.35. The largest absolute Gasteiger partial charge is 0.283 e. The van der Waals surface area contributed by atoms with Crippen molar-refractivity contribution in [1.29, 1.82) is 0 Å². The number of carbonyl (C=O) groups is 1. The second kappa shape index (κ2) is 6.88. The minimum absolute atomic E-state index is 0.127. The van der Waals surface area contributed by atoms with Crippen molar-refractivity contribution in [3.63, 3.8) is 0 Å². The van der Waals surface area contributed by atoms with Crippen molar-refractivity contribution in [2.75, 3.05) is 5.43 Å². The Morgan fingerprint density at radius 1 is 1.20 bits per heavy atom. The summed E-state index contributed by atoms with van der Waals surface area (Å²) in [6.07, 6.45) is 4.25. The van der Waals surface area contributed by atoms with E-state index < -0.39 is 0 Å². The highest BCUT2D eigenvalue weighted by molar-refractivity contribution is 5.86. The van der Waals surface area contributed by atoms with Crippen LogP contribution in [0.3, 0.4) is 0 Å². The van der Waals surface area contributed by atoms with Crippen LogP contribution in [0.25, 0.3) is 16.7 Å². The smallest absolute Gasteiger partial charge is 0.273 e. The van der Waals surface area contributed by atoms with Gasteiger partial charge in [-0.1, -0.05) is 31.5 Å². The number of fused-ring (bicyclic) bond motifs is 1. The molecular weight excluding hydrogens is 318 g/mol. The molecule has 0 aliphatic heterocycles. The first-order chi connectivity index (χ1) is 12.0. The lowest BCUT2D eigenvalue weighted by Crippen LogP contribution is -2.36. The van der Waals surface area contributed by atoms with Crippen LogP contribution in [0.4, 0.5) is 0 Å². The molecule has 0 aliphatic rings. The predicted octanol–water partition coefficient (Wildman–Crippen LogP) is 2.40. The van der Waals surface area contributed by atoms with Crippen molar-refractivity contribution in [1.82, 2.24) is 19.4 Å². The molecule has 0 bridgehead atoms. The van der Waals surface area contributed by atoms with Crippen molar-refractivity contribution in [3.8, 4) is 5.69 Å². The Morgan fingerprint density at radius 3 is 2.52 bits per heavy atom.